The number of nitrogens with two attached hydrogens (primary N) is 1. The van der Waals surface area contributed by atoms with Gasteiger partial charge in [-0.3, -0.25) is 0 Å². The van der Waals surface area contributed by atoms with Crippen LogP contribution in [0.1, 0.15) is 23.0 Å². The number of nitrogen functional groups attached to an aromatic ring is 1. The molecular weight excluding hydrogens is 289 g/mol. The highest BCUT2D eigenvalue weighted by molar-refractivity contribution is 5.92. The van der Waals surface area contributed by atoms with E-state index in [1.165, 1.54) is 18.2 Å². The summed E-state index contributed by atoms with van der Waals surface area (Å²) in [7, 11) is 0. The number of oxazole rings is 1. The number of nitrogens with zero attached hydrogens (tertiary/aromatic N) is 1. The highest BCUT2D eigenvalue weighted by Gasteiger charge is 2.35. The average Bonchev–Trinajstić information content (AvgIpc) is 2.80. The first kappa shape index (κ1) is 14.9. The first-order valence-corrected chi connectivity index (χ1v) is 5.94. The normalized spacial score (nSPS) is 11.4. The number of hydrogen-bond donors (Lipinski definition) is 1. The van der Waals surface area contributed by atoms with E-state index in [1.807, 2.05) is 0 Å². The molecule has 0 bridgehead atoms. The highest BCUT2D eigenvalue weighted by Crippen LogP contribution is 2.37. The van der Waals surface area contributed by atoms with E-state index in [4.69, 9.17) is 14.9 Å². The molecule has 0 saturated carbocycles. The standard InChI is InChI=1S/C13H11F3N2O3/c1-2-20-12(19)9-10(17)21-11(18-9)7-5-3-4-6-8(7)13(14,15)16/h3-6H,2,17H2,1H3. The Bertz CT molecular complexity index is 665. The van der Waals surface area contributed by atoms with Crippen molar-refractivity contribution >= 4 is 11.9 Å². The molecule has 1 heterocycles. The second-order valence-corrected chi connectivity index (χ2v) is 4.00. The van der Waals surface area contributed by atoms with E-state index in [0.717, 1.165) is 6.07 Å². The third kappa shape index (κ3) is 2.99. The minimum absolute atomic E-state index is 0.0829. The number of carbonyl (C=O) groups is 1. The van der Waals surface area contributed by atoms with Crippen LogP contribution < -0.4 is 5.73 Å². The monoisotopic (exact) mass is 300 g/mol. The van der Waals surface area contributed by atoms with Gasteiger partial charge in [-0.15, -0.1) is 0 Å². The molecule has 0 aliphatic rings. The molecule has 0 saturated heterocycles. The Labute approximate surface area is 117 Å². The van der Waals surface area contributed by atoms with Crippen LogP contribution >= 0.6 is 0 Å². The molecule has 2 aromatic rings. The molecule has 5 nitrogen and oxygen atoms in total. The first-order valence-electron chi connectivity index (χ1n) is 5.94. The van der Waals surface area contributed by atoms with E-state index in [1.54, 1.807) is 6.92 Å². The summed E-state index contributed by atoms with van der Waals surface area (Å²) < 4.78 is 48.4. The fraction of sp³-hybridized carbons (Fsp3) is 0.231. The van der Waals surface area contributed by atoms with Crippen LogP contribution in [0.4, 0.5) is 19.1 Å². The molecule has 21 heavy (non-hydrogen) atoms. The topological polar surface area (TPSA) is 78.3 Å². The Morgan fingerprint density at radius 3 is 2.67 bits per heavy atom. The zero-order valence-corrected chi connectivity index (χ0v) is 10.9. The molecule has 0 amide bonds. The first-order chi connectivity index (χ1) is 9.84. The zero-order chi connectivity index (χ0) is 15.6. The second kappa shape index (κ2) is 5.47. The van der Waals surface area contributed by atoms with E-state index in [-0.39, 0.29) is 29.6 Å². The third-order valence-electron chi connectivity index (χ3n) is 2.59. The minimum Gasteiger partial charge on any atom is -0.461 e. The lowest BCUT2D eigenvalue weighted by atomic mass is 10.1. The Morgan fingerprint density at radius 1 is 1.38 bits per heavy atom. The van der Waals surface area contributed by atoms with Gasteiger partial charge in [0.1, 0.15) is 0 Å². The van der Waals surface area contributed by atoms with Gasteiger partial charge in [-0.1, -0.05) is 12.1 Å². The van der Waals surface area contributed by atoms with Gasteiger partial charge in [-0.2, -0.15) is 18.2 Å². The number of ether oxygens (including phenoxy) is 1. The molecule has 1 aromatic heterocycles. The molecule has 0 aliphatic carbocycles. The van der Waals surface area contributed by atoms with Crippen LogP contribution in [0.3, 0.4) is 0 Å². The minimum atomic E-state index is -4.58. The van der Waals surface area contributed by atoms with Crippen molar-refractivity contribution in [3.05, 3.63) is 35.5 Å². The van der Waals surface area contributed by atoms with Crippen LogP contribution in [0.15, 0.2) is 28.7 Å². The van der Waals surface area contributed by atoms with E-state index in [9.17, 15) is 18.0 Å². The number of alkyl halides is 3. The van der Waals surface area contributed by atoms with Gasteiger partial charge in [0, 0.05) is 5.56 Å². The molecule has 2 rings (SSSR count). The second-order valence-electron chi connectivity index (χ2n) is 4.00. The van der Waals surface area contributed by atoms with Crippen molar-refractivity contribution in [1.29, 1.82) is 0 Å². The van der Waals surface area contributed by atoms with Gasteiger partial charge in [-0.05, 0) is 19.1 Å². The molecule has 0 atom stereocenters. The van der Waals surface area contributed by atoms with Crippen LogP contribution in [0.5, 0.6) is 0 Å². The predicted octanol–water partition coefficient (Wildman–Crippen LogP) is 3.12. The number of halogens is 3. The van der Waals surface area contributed by atoms with Crippen LogP contribution in [-0.4, -0.2) is 17.6 Å². The molecule has 0 spiro atoms. The Hall–Kier alpha value is -2.51. The van der Waals surface area contributed by atoms with Crippen molar-refractivity contribution in [3.63, 3.8) is 0 Å². The van der Waals surface area contributed by atoms with Crippen molar-refractivity contribution in [1.82, 2.24) is 4.98 Å². The number of hydrogen-bond acceptors (Lipinski definition) is 5. The molecular formula is C13H11F3N2O3. The third-order valence-corrected chi connectivity index (χ3v) is 2.59. The summed E-state index contributed by atoms with van der Waals surface area (Å²) in [6.45, 7) is 1.66. The summed E-state index contributed by atoms with van der Waals surface area (Å²) >= 11 is 0. The van der Waals surface area contributed by atoms with Crippen molar-refractivity contribution in [2.24, 2.45) is 0 Å². The number of anilines is 1. The highest BCUT2D eigenvalue weighted by atomic mass is 19.4. The number of benzene rings is 1. The van der Waals surface area contributed by atoms with Crippen molar-refractivity contribution in [2.75, 3.05) is 12.3 Å². The molecule has 8 heteroatoms. The SMILES string of the molecule is CCOC(=O)c1nc(-c2ccccc2C(F)(F)F)oc1N. The maximum atomic E-state index is 12.9. The van der Waals surface area contributed by atoms with Crippen LogP contribution in [0, 0.1) is 0 Å². The fourth-order valence-corrected chi connectivity index (χ4v) is 1.71. The molecule has 112 valence electrons. The summed E-state index contributed by atoms with van der Waals surface area (Å²) in [6, 6.07) is 4.71. The maximum Gasteiger partial charge on any atom is 0.417 e. The van der Waals surface area contributed by atoms with E-state index in [0.29, 0.717) is 0 Å². The van der Waals surface area contributed by atoms with Crippen LogP contribution in [0.25, 0.3) is 11.5 Å². The fourth-order valence-electron chi connectivity index (χ4n) is 1.71. The maximum absolute atomic E-state index is 12.9. The van der Waals surface area contributed by atoms with Crippen molar-refractivity contribution in [2.45, 2.75) is 13.1 Å². The molecule has 0 aliphatic heterocycles. The van der Waals surface area contributed by atoms with Crippen LogP contribution in [0.2, 0.25) is 0 Å². The number of carbonyl (C=O) groups excluding carboxylic acids is 1. The summed E-state index contributed by atoms with van der Waals surface area (Å²) in [5, 5.41) is 0. The van der Waals surface area contributed by atoms with Gasteiger partial charge in [0.2, 0.25) is 17.5 Å². The van der Waals surface area contributed by atoms with E-state index >= 15 is 0 Å². The molecule has 0 unspecified atom stereocenters. The summed E-state index contributed by atoms with van der Waals surface area (Å²) in [4.78, 5) is 15.3. The average molecular weight is 300 g/mol. The summed E-state index contributed by atoms with van der Waals surface area (Å²) in [6.07, 6.45) is -4.58. The van der Waals surface area contributed by atoms with Crippen LogP contribution in [-0.2, 0) is 10.9 Å². The lowest BCUT2D eigenvalue weighted by Crippen LogP contribution is -2.08. The lowest BCUT2D eigenvalue weighted by Gasteiger charge is -2.09. The largest absolute Gasteiger partial charge is 0.461 e. The summed E-state index contributed by atoms with van der Waals surface area (Å²) in [5.41, 5.74) is 3.89. The van der Waals surface area contributed by atoms with E-state index < -0.39 is 17.7 Å². The Kier molecular flexibility index (Phi) is 3.88. The number of rotatable bonds is 3. The zero-order valence-electron chi connectivity index (χ0n) is 10.9. The number of esters is 1. The predicted molar refractivity (Wildman–Crippen MR) is 67.3 cm³/mol. The van der Waals surface area contributed by atoms with Crippen molar-refractivity contribution in [3.8, 4) is 11.5 Å². The van der Waals surface area contributed by atoms with Gasteiger partial charge in [0.15, 0.2) is 0 Å². The van der Waals surface area contributed by atoms with Gasteiger partial charge >= 0.3 is 12.1 Å². The van der Waals surface area contributed by atoms with Crippen molar-refractivity contribution < 1.29 is 27.1 Å². The smallest absolute Gasteiger partial charge is 0.417 e. The molecule has 2 N–H and O–H groups in total. The van der Waals surface area contributed by atoms with Gasteiger partial charge in [0.05, 0.1) is 12.2 Å². The lowest BCUT2D eigenvalue weighted by molar-refractivity contribution is -0.137. The molecule has 0 fully saturated rings. The number of aromatic nitrogens is 1. The van der Waals surface area contributed by atoms with Gasteiger partial charge < -0.3 is 14.9 Å². The Morgan fingerprint density at radius 2 is 2.05 bits per heavy atom. The van der Waals surface area contributed by atoms with Gasteiger partial charge in [-0.25, -0.2) is 4.79 Å². The van der Waals surface area contributed by atoms with Gasteiger partial charge in [0.25, 0.3) is 0 Å². The molecule has 0 radical (unpaired) electrons. The Balaban J connectivity index is 2.50. The van der Waals surface area contributed by atoms with E-state index in [2.05, 4.69) is 4.98 Å². The summed E-state index contributed by atoms with van der Waals surface area (Å²) in [5.74, 6) is -1.63. The quantitative estimate of drug-likeness (QED) is 0.881. The molecule has 1 aromatic carbocycles.